The molecule has 0 radical (unpaired) electrons. The van der Waals surface area contributed by atoms with E-state index in [9.17, 15) is 18.0 Å². The van der Waals surface area contributed by atoms with Crippen molar-refractivity contribution in [3.63, 3.8) is 0 Å². The van der Waals surface area contributed by atoms with Gasteiger partial charge in [0.2, 0.25) is 0 Å². The van der Waals surface area contributed by atoms with Gasteiger partial charge in [0.15, 0.2) is 0 Å². The third kappa shape index (κ3) is 7.95. The van der Waals surface area contributed by atoms with Gasteiger partial charge in [-0.15, -0.1) is 0 Å². The lowest BCUT2D eigenvalue weighted by Crippen LogP contribution is -2.52. The summed E-state index contributed by atoms with van der Waals surface area (Å²) < 4.78 is 44.8. The molecule has 2 amide bonds. The lowest BCUT2D eigenvalue weighted by Gasteiger charge is -2.36. The smallest absolute Gasteiger partial charge is 0.368 e. The summed E-state index contributed by atoms with van der Waals surface area (Å²) in [4.78, 5) is 16.6. The van der Waals surface area contributed by atoms with Crippen molar-refractivity contribution in [3.05, 3.63) is 106 Å². The van der Waals surface area contributed by atoms with Gasteiger partial charge in [-0.1, -0.05) is 66.2 Å². The first-order valence-corrected chi connectivity index (χ1v) is 12.5. The van der Waals surface area contributed by atoms with Crippen LogP contribution >= 0.6 is 11.6 Å². The number of nitrogens with zero attached hydrogens (tertiary/aromatic N) is 2. The fourth-order valence-corrected chi connectivity index (χ4v) is 4.30. The molecule has 1 fully saturated rings. The number of carbonyl (C=O) groups is 1. The van der Waals surface area contributed by atoms with E-state index in [0.717, 1.165) is 23.3 Å². The number of benzene rings is 3. The van der Waals surface area contributed by atoms with Crippen molar-refractivity contribution in [1.29, 1.82) is 0 Å². The van der Waals surface area contributed by atoms with Crippen molar-refractivity contribution in [2.45, 2.75) is 25.4 Å². The van der Waals surface area contributed by atoms with Crippen LogP contribution in [0.1, 0.15) is 28.4 Å². The molecule has 0 bridgehead atoms. The molecule has 1 saturated heterocycles. The Hall–Kier alpha value is -3.07. The summed E-state index contributed by atoms with van der Waals surface area (Å²) >= 11 is 6.06. The highest BCUT2D eigenvalue weighted by Gasteiger charge is 2.30. The van der Waals surface area contributed by atoms with Crippen LogP contribution in [0.5, 0.6) is 0 Å². The second-order valence-corrected chi connectivity index (χ2v) is 9.41. The molecule has 0 unspecified atom stereocenters. The van der Waals surface area contributed by atoms with E-state index in [0.29, 0.717) is 49.9 Å². The monoisotopic (exact) mass is 531 g/mol. The predicted molar refractivity (Wildman–Crippen MR) is 137 cm³/mol. The Morgan fingerprint density at radius 1 is 0.892 bits per heavy atom. The van der Waals surface area contributed by atoms with Crippen molar-refractivity contribution in [3.8, 4) is 0 Å². The maximum absolute atomic E-state index is 12.9. The van der Waals surface area contributed by atoms with Crippen LogP contribution in [0.3, 0.4) is 0 Å². The first-order valence-electron chi connectivity index (χ1n) is 12.1. The van der Waals surface area contributed by atoms with Crippen molar-refractivity contribution >= 4 is 17.6 Å². The largest absolute Gasteiger partial charge is 0.416 e. The second kappa shape index (κ2) is 12.4. The molecule has 3 aromatic rings. The molecule has 196 valence electrons. The Morgan fingerprint density at radius 2 is 1.54 bits per heavy atom. The number of piperazine rings is 1. The van der Waals surface area contributed by atoms with Gasteiger partial charge >= 0.3 is 12.2 Å². The number of amides is 2. The van der Waals surface area contributed by atoms with Gasteiger partial charge in [0, 0.05) is 44.3 Å². The van der Waals surface area contributed by atoms with Crippen LogP contribution in [0.2, 0.25) is 5.02 Å². The average Bonchev–Trinajstić information content (AvgIpc) is 2.91. The Morgan fingerprint density at radius 3 is 2.16 bits per heavy atom. The summed E-state index contributed by atoms with van der Waals surface area (Å²) in [7, 11) is 0. The molecule has 37 heavy (non-hydrogen) atoms. The van der Waals surface area contributed by atoms with Gasteiger partial charge in [-0.25, -0.2) is 4.79 Å². The summed E-state index contributed by atoms with van der Waals surface area (Å²) in [5, 5.41) is 3.58. The van der Waals surface area contributed by atoms with Gasteiger partial charge in [-0.3, -0.25) is 4.90 Å². The first-order chi connectivity index (χ1) is 17.8. The number of rotatable bonds is 8. The van der Waals surface area contributed by atoms with E-state index in [1.165, 1.54) is 12.1 Å². The third-order valence-corrected chi connectivity index (χ3v) is 6.60. The molecule has 0 saturated carbocycles. The minimum Gasteiger partial charge on any atom is -0.368 e. The number of hydrogen-bond donors (Lipinski definition) is 1. The summed E-state index contributed by atoms with van der Waals surface area (Å²) in [6.07, 6.45) is -4.68. The first kappa shape index (κ1) is 27.0. The lowest BCUT2D eigenvalue weighted by molar-refractivity contribution is -0.137. The number of hydrogen-bond acceptors (Lipinski definition) is 3. The molecule has 1 heterocycles. The van der Waals surface area contributed by atoms with Crippen LogP contribution in [0, 0.1) is 0 Å². The molecule has 3 aromatic carbocycles. The number of alkyl halides is 3. The van der Waals surface area contributed by atoms with E-state index in [2.05, 4.69) is 10.2 Å². The maximum Gasteiger partial charge on any atom is 0.416 e. The van der Waals surface area contributed by atoms with Gasteiger partial charge in [0.1, 0.15) is 0 Å². The van der Waals surface area contributed by atoms with Crippen LogP contribution in [0.4, 0.5) is 18.0 Å². The van der Waals surface area contributed by atoms with Gasteiger partial charge in [0.25, 0.3) is 0 Å². The zero-order chi connectivity index (χ0) is 26.3. The molecule has 1 aliphatic heterocycles. The lowest BCUT2D eigenvalue weighted by atomic mass is 10.1. The second-order valence-electron chi connectivity index (χ2n) is 8.98. The van der Waals surface area contributed by atoms with Gasteiger partial charge in [-0.05, 0) is 41.0 Å². The number of halogens is 4. The molecule has 0 aromatic heterocycles. The van der Waals surface area contributed by atoms with Gasteiger partial charge in [0.05, 0.1) is 18.3 Å². The van der Waals surface area contributed by atoms with Crippen molar-refractivity contribution < 1.29 is 22.7 Å². The summed E-state index contributed by atoms with van der Waals surface area (Å²) in [6.45, 7) is 3.80. The maximum atomic E-state index is 12.9. The van der Waals surface area contributed by atoms with Crippen molar-refractivity contribution in [2.24, 2.45) is 0 Å². The zero-order valence-corrected chi connectivity index (χ0v) is 21.0. The van der Waals surface area contributed by atoms with Crippen LogP contribution < -0.4 is 5.32 Å². The van der Waals surface area contributed by atoms with E-state index in [1.807, 2.05) is 42.5 Å². The molecule has 1 N–H and O–H groups in total. The molecule has 0 spiro atoms. The fraction of sp³-hybridized carbons (Fsp3) is 0.321. The minimum atomic E-state index is -4.37. The average molecular weight is 532 g/mol. The normalized spacial score (nSPS) is 15.4. The van der Waals surface area contributed by atoms with Gasteiger partial charge in [-0.2, -0.15) is 13.2 Å². The van der Waals surface area contributed by atoms with E-state index < -0.39 is 11.7 Å². The highest BCUT2D eigenvalue weighted by Crippen LogP contribution is 2.30. The predicted octanol–water partition coefficient (Wildman–Crippen LogP) is 6.14. The molecule has 5 nitrogen and oxygen atoms in total. The summed E-state index contributed by atoms with van der Waals surface area (Å²) in [5.74, 6) is 0. The van der Waals surface area contributed by atoms with E-state index >= 15 is 0 Å². The fourth-order valence-electron chi connectivity index (χ4n) is 4.17. The highest BCUT2D eigenvalue weighted by atomic mass is 35.5. The number of ether oxygens (including phenoxy) is 1. The number of carbonyl (C=O) groups excluding carboxylic acids is 1. The van der Waals surface area contributed by atoms with Crippen molar-refractivity contribution in [2.75, 3.05) is 32.7 Å². The van der Waals surface area contributed by atoms with E-state index in [-0.39, 0.29) is 18.7 Å². The standard InChI is InChI=1S/C28H29ClF3N3O2/c29-25-12-8-23(9-13-25)26(37-20-22-6-10-24(11-7-22)28(30,31)32)19-34-14-16-35(17-15-34)27(36)33-18-21-4-2-1-3-5-21/h1-13,26H,14-20H2,(H,33,36)/t26-/m1/s1. The molecule has 1 aliphatic rings. The Balaban J connectivity index is 1.32. The zero-order valence-electron chi connectivity index (χ0n) is 20.3. The van der Waals surface area contributed by atoms with E-state index in [1.54, 1.807) is 17.0 Å². The molecular weight excluding hydrogens is 503 g/mol. The van der Waals surface area contributed by atoms with Crippen LogP contribution in [-0.4, -0.2) is 48.6 Å². The quantitative estimate of drug-likeness (QED) is 0.379. The number of nitrogens with one attached hydrogen (secondary N) is 1. The molecule has 9 heteroatoms. The molecular formula is C28H29ClF3N3O2. The summed E-state index contributed by atoms with van der Waals surface area (Å²) in [6, 6.07) is 22.1. The van der Waals surface area contributed by atoms with Crippen LogP contribution in [0.25, 0.3) is 0 Å². The molecule has 0 aliphatic carbocycles. The number of urea groups is 1. The Kier molecular flexibility index (Phi) is 9.08. The Labute approximate surface area is 219 Å². The summed E-state index contributed by atoms with van der Waals surface area (Å²) in [5.41, 5.74) is 1.95. The SMILES string of the molecule is O=C(NCc1ccccc1)N1CCN(C[C@@H](OCc2ccc(C(F)(F)F)cc2)c2ccc(Cl)cc2)CC1. The van der Waals surface area contributed by atoms with Crippen molar-refractivity contribution in [1.82, 2.24) is 15.1 Å². The molecule has 4 rings (SSSR count). The minimum absolute atomic E-state index is 0.0868. The van der Waals surface area contributed by atoms with Crippen LogP contribution in [0.15, 0.2) is 78.9 Å². The van der Waals surface area contributed by atoms with Gasteiger partial charge < -0.3 is 15.0 Å². The highest BCUT2D eigenvalue weighted by molar-refractivity contribution is 6.30. The Bertz CT molecular complexity index is 1130. The molecule has 1 atom stereocenters. The van der Waals surface area contributed by atoms with E-state index in [4.69, 9.17) is 16.3 Å². The topological polar surface area (TPSA) is 44.8 Å². The third-order valence-electron chi connectivity index (χ3n) is 6.34. The van der Waals surface area contributed by atoms with Crippen LogP contribution in [-0.2, 0) is 24.1 Å².